The molecule has 1 aromatic carbocycles. The molecule has 0 saturated heterocycles. The lowest BCUT2D eigenvalue weighted by Crippen LogP contribution is -2.22. The molecule has 21 heavy (non-hydrogen) atoms. The van der Waals surface area contributed by atoms with Gasteiger partial charge in [0.15, 0.2) is 0 Å². The van der Waals surface area contributed by atoms with Gasteiger partial charge in [0.05, 0.1) is 6.61 Å². The molecule has 120 valence electrons. The summed E-state index contributed by atoms with van der Waals surface area (Å²) in [7, 11) is 0. The van der Waals surface area contributed by atoms with E-state index in [2.05, 4.69) is 59.7 Å². The van der Waals surface area contributed by atoms with Gasteiger partial charge in [-0.15, -0.1) is 0 Å². The largest absolute Gasteiger partial charge is 0.468 e. The van der Waals surface area contributed by atoms with Gasteiger partial charge in [-0.1, -0.05) is 45.9 Å². The Morgan fingerprint density at radius 3 is 2.19 bits per heavy atom. The van der Waals surface area contributed by atoms with Crippen LogP contribution in [0.15, 0.2) is 18.2 Å². The molecule has 0 saturated carbocycles. The second-order valence-electron chi connectivity index (χ2n) is 7.15. The molecule has 1 rings (SSSR count). The van der Waals surface area contributed by atoms with E-state index in [-0.39, 0.29) is 5.92 Å². The van der Waals surface area contributed by atoms with Crippen LogP contribution in [-0.2, 0) is 16.0 Å². The third kappa shape index (κ3) is 11.0. The van der Waals surface area contributed by atoms with Crippen molar-refractivity contribution in [2.24, 2.45) is 17.1 Å². The molecular formula is C18H31NO2. The van der Waals surface area contributed by atoms with Gasteiger partial charge in [-0.25, -0.2) is 0 Å². The minimum absolute atomic E-state index is 0.201. The second kappa shape index (κ2) is 9.56. The lowest BCUT2D eigenvalue weighted by Gasteiger charge is -2.14. The maximum absolute atomic E-state index is 10.1. The average Bonchev–Trinajstić information content (AvgIpc) is 2.36. The van der Waals surface area contributed by atoms with Gasteiger partial charge in [-0.2, -0.15) is 0 Å². The lowest BCUT2D eigenvalue weighted by molar-refractivity contribution is -0.129. The maximum Gasteiger partial charge on any atom is 0.293 e. The fraction of sp³-hybridized carbons (Fsp3) is 0.611. The standard InChI is InChI=1S/C13H19NO2.C5H12/c1-10-3-4-12(5-11(10)2)6-13(7-14)8-16-9-15;1-5(2,3)4/h3-5,9,13H,6-8,14H2,1-2H3;1-4H3. The predicted molar refractivity (Wildman–Crippen MR) is 89.3 cm³/mol. The van der Waals surface area contributed by atoms with Crippen molar-refractivity contribution in [3.8, 4) is 0 Å². The van der Waals surface area contributed by atoms with Crippen LogP contribution < -0.4 is 5.73 Å². The van der Waals surface area contributed by atoms with Gasteiger partial charge in [-0.3, -0.25) is 4.79 Å². The molecule has 0 aliphatic carbocycles. The molecule has 0 amide bonds. The van der Waals surface area contributed by atoms with Crippen LogP contribution in [0.5, 0.6) is 0 Å². The van der Waals surface area contributed by atoms with Crippen molar-refractivity contribution in [3.05, 3.63) is 34.9 Å². The fourth-order valence-electron chi connectivity index (χ4n) is 1.65. The zero-order valence-corrected chi connectivity index (χ0v) is 14.4. The number of ether oxygens (including phenoxy) is 1. The molecule has 0 aliphatic rings. The van der Waals surface area contributed by atoms with Crippen molar-refractivity contribution in [1.82, 2.24) is 0 Å². The third-order valence-corrected chi connectivity index (χ3v) is 2.83. The quantitative estimate of drug-likeness (QED) is 0.815. The van der Waals surface area contributed by atoms with Gasteiger partial charge in [-0.05, 0) is 48.9 Å². The molecule has 0 aliphatic heterocycles. The van der Waals surface area contributed by atoms with E-state index in [4.69, 9.17) is 10.5 Å². The summed E-state index contributed by atoms with van der Waals surface area (Å²) >= 11 is 0. The summed E-state index contributed by atoms with van der Waals surface area (Å²) < 4.78 is 4.75. The highest BCUT2D eigenvalue weighted by Gasteiger charge is 2.08. The Balaban J connectivity index is 0.000000690. The molecule has 3 heteroatoms. The van der Waals surface area contributed by atoms with E-state index < -0.39 is 0 Å². The zero-order valence-electron chi connectivity index (χ0n) is 14.4. The summed E-state index contributed by atoms with van der Waals surface area (Å²) in [6, 6.07) is 6.38. The van der Waals surface area contributed by atoms with Gasteiger partial charge in [0.1, 0.15) is 0 Å². The first-order valence-electron chi connectivity index (χ1n) is 7.48. The van der Waals surface area contributed by atoms with Gasteiger partial charge in [0.2, 0.25) is 0 Å². The van der Waals surface area contributed by atoms with Gasteiger partial charge >= 0.3 is 0 Å². The lowest BCUT2D eigenvalue weighted by atomic mass is 9.97. The number of hydrogen-bond acceptors (Lipinski definition) is 3. The van der Waals surface area contributed by atoms with Crippen LogP contribution in [0.25, 0.3) is 0 Å². The molecule has 1 aromatic rings. The predicted octanol–water partition coefficient (Wildman–Crippen LogP) is 3.65. The first-order chi connectivity index (χ1) is 9.67. The Morgan fingerprint density at radius 2 is 1.76 bits per heavy atom. The number of aryl methyl sites for hydroxylation is 2. The van der Waals surface area contributed by atoms with Crippen LogP contribution in [0.4, 0.5) is 0 Å². The molecule has 1 unspecified atom stereocenters. The Bertz CT molecular complexity index is 416. The molecule has 2 N–H and O–H groups in total. The Kier molecular flexibility index (Phi) is 8.95. The topological polar surface area (TPSA) is 52.3 Å². The highest BCUT2D eigenvalue weighted by molar-refractivity contribution is 5.37. The number of carbonyl (C=O) groups excluding carboxylic acids is 1. The smallest absolute Gasteiger partial charge is 0.293 e. The van der Waals surface area contributed by atoms with Crippen LogP contribution in [0.2, 0.25) is 0 Å². The molecule has 0 bridgehead atoms. The average molecular weight is 293 g/mol. The monoisotopic (exact) mass is 293 g/mol. The van der Waals surface area contributed by atoms with Gasteiger partial charge in [0, 0.05) is 5.92 Å². The first kappa shape index (κ1) is 19.7. The highest BCUT2D eigenvalue weighted by Crippen LogP contribution is 2.13. The van der Waals surface area contributed by atoms with E-state index in [0.717, 1.165) is 6.42 Å². The number of benzene rings is 1. The van der Waals surface area contributed by atoms with Crippen molar-refractivity contribution < 1.29 is 9.53 Å². The molecule has 0 radical (unpaired) electrons. The molecule has 1 atom stereocenters. The van der Waals surface area contributed by atoms with Crippen LogP contribution in [0.1, 0.15) is 44.4 Å². The van der Waals surface area contributed by atoms with E-state index in [1.165, 1.54) is 16.7 Å². The zero-order chi connectivity index (χ0) is 16.5. The van der Waals surface area contributed by atoms with Gasteiger partial charge in [0.25, 0.3) is 6.47 Å². The van der Waals surface area contributed by atoms with E-state index in [9.17, 15) is 4.79 Å². The highest BCUT2D eigenvalue weighted by atomic mass is 16.5. The van der Waals surface area contributed by atoms with E-state index in [0.29, 0.717) is 25.0 Å². The molecule has 3 nitrogen and oxygen atoms in total. The second-order valence-corrected chi connectivity index (χ2v) is 7.15. The van der Waals surface area contributed by atoms with Gasteiger partial charge < -0.3 is 10.5 Å². The number of nitrogens with two attached hydrogens (primary N) is 1. The number of rotatable bonds is 6. The van der Waals surface area contributed by atoms with E-state index in [1.54, 1.807) is 0 Å². The number of carbonyl (C=O) groups is 1. The Hall–Kier alpha value is -1.35. The molecule has 0 heterocycles. The maximum atomic E-state index is 10.1. The van der Waals surface area contributed by atoms with Crippen molar-refractivity contribution in [2.45, 2.75) is 48.0 Å². The van der Waals surface area contributed by atoms with E-state index >= 15 is 0 Å². The number of hydrogen-bond donors (Lipinski definition) is 1. The summed E-state index contributed by atoms with van der Waals surface area (Å²) in [5.74, 6) is 0.201. The summed E-state index contributed by atoms with van der Waals surface area (Å²) in [5, 5.41) is 0. The van der Waals surface area contributed by atoms with Crippen LogP contribution >= 0.6 is 0 Å². The summed E-state index contributed by atoms with van der Waals surface area (Å²) in [5.41, 5.74) is 9.95. The molecular weight excluding hydrogens is 262 g/mol. The Morgan fingerprint density at radius 1 is 1.19 bits per heavy atom. The summed E-state index contributed by atoms with van der Waals surface area (Å²) in [4.78, 5) is 10.1. The molecule has 0 fully saturated rings. The minimum atomic E-state index is 0.201. The van der Waals surface area contributed by atoms with Crippen molar-refractivity contribution in [1.29, 1.82) is 0 Å². The Labute approximate surface area is 129 Å². The van der Waals surface area contributed by atoms with Crippen LogP contribution in [-0.4, -0.2) is 19.6 Å². The first-order valence-corrected chi connectivity index (χ1v) is 7.48. The van der Waals surface area contributed by atoms with Crippen molar-refractivity contribution in [2.75, 3.05) is 13.2 Å². The summed E-state index contributed by atoms with van der Waals surface area (Å²) in [6.07, 6.45) is 0.853. The van der Waals surface area contributed by atoms with E-state index in [1.807, 2.05) is 0 Å². The molecule has 0 spiro atoms. The normalized spacial score (nSPS) is 12.1. The minimum Gasteiger partial charge on any atom is -0.468 e. The summed E-state index contributed by atoms with van der Waals surface area (Å²) in [6.45, 7) is 14.3. The fourth-order valence-corrected chi connectivity index (χ4v) is 1.65. The van der Waals surface area contributed by atoms with Crippen molar-refractivity contribution >= 4 is 6.47 Å². The van der Waals surface area contributed by atoms with Crippen LogP contribution in [0, 0.1) is 25.2 Å². The van der Waals surface area contributed by atoms with Crippen molar-refractivity contribution in [3.63, 3.8) is 0 Å². The third-order valence-electron chi connectivity index (χ3n) is 2.83. The SMILES string of the molecule is CC(C)(C)C.Cc1ccc(CC(CN)COC=O)cc1C. The molecule has 0 aromatic heterocycles. The van der Waals surface area contributed by atoms with Crippen LogP contribution in [0.3, 0.4) is 0 Å².